The molecule has 17 heavy (non-hydrogen) atoms. The first-order valence-electron chi connectivity index (χ1n) is 6.57. The second kappa shape index (κ2) is 5.09. The van der Waals surface area contributed by atoms with Crippen molar-refractivity contribution in [1.29, 1.82) is 0 Å². The largest absolute Gasteiger partial charge is 0.508 e. The summed E-state index contributed by atoms with van der Waals surface area (Å²) in [5.41, 5.74) is 2.28. The van der Waals surface area contributed by atoms with Gasteiger partial charge in [-0.25, -0.2) is 0 Å². The van der Waals surface area contributed by atoms with Crippen LogP contribution in [0.15, 0.2) is 18.2 Å². The van der Waals surface area contributed by atoms with E-state index in [9.17, 15) is 5.11 Å². The molecular formula is C15H23NO. The Morgan fingerprint density at radius 2 is 2.06 bits per heavy atom. The third-order valence-corrected chi connectivity index (χ3v) is 4.05. The first-order chi connectivity index (χ1) is 8.06. The summed E-state index contributed by atoms with van der Waals surface area (Å²) in [6, 6.07) is 5.86. The molecule has 0 aliphatic carbocycles. The Kier molecular flexibility index (Phi) is 3.72. The molecule has 1 saturated heterocycles. The summed E-state index contributed by atoms with van der Waals surface area (Å²) in [5, 5.41) is 9.86. The number of aromatic hydroxyl groups is 1. The van der Waals surface area contributed by atoms with Crippen LogP contribution in [0, 0.1) is 18.8 Å². The maximum atomic E-state index is 9.86. The van der Waals surface area contributed by atoms with Gasteiger partial charge in [-0.3, -0.25) is 4.90 Å². The smallest absolute Gasteiger partial charge is 0.120 e. The molecule has 2 atom stereocenters. The van der Waals surface area contributed by atoms with Crippen LogP contribution in [0.1, 0.15) is 31.4 Å². The number of aryl methyl sites for hydroxylation is 1. The molecule has 1 aromatic rings. The highest BCUT2D eigenvalue weighted by molar-refractivity contribution is 5.35. The lowest BCUT2D eigenvalue weighted by Gasteiger charge is -2.35. The van der Waals surface area contributed by atoms with Crippen molar-refractivity contribution in [1.82, 2.24) is 4.90 Å². The summed E-state index contributed by atoms with van der Waals surface area (Å²) in [5.74, 6) is 2.02. The van der Waals surface area contributed by atoms with E-state index in [1.165, 1.54) is 12.0 Å². The zero-order chi connectivity index (χ0) is 12.4. The number of phenolic OH excluding ortho intramolecular Hbond substituents is 1. The average molecular weight is 233 g/mol. The Labute approximate surface area is 104 Å². The van der Waals surface area contributed by atoms with Gasteiger partial charge in [-0.2, -0.15) is 0 Å². The van der Waals surface area contributed by atoms with Crippen LogP contribution in [0.3, 0.4) is 0 Å². The Morgan fingerprint density at radius 3 is 2.76 bits per heavy atom. The lowest BCUT2D eigenvalue weighted by molar-refractivity contribution is 0.131. The van der Waals surface area contributed by atoms with Gasteiger partial charge in [0.25, 0.3) is 0 Å². The number of nitrogens with zero attached hydrogens (tertiary/aromatic N) is 1. The normalized spacial score (nSPS) is 26.1. The lowest BCUT2D eigenvalue weighted by atomic mass is 9.88. The van der Waals surface area contributed by atoms with E-state index < -0.39 is 0 Å². The number of rotatable bonds is 2. The predicted octanol–water partition coefficient (Wildman–Crippen LogP) is 3.18. The fraction of sp³-hybridized carbons (Fsp3) is 0.600. The zero-order valence-corrected chi connectivity index (χ0v) is 11.1. The van der Waals surface area contributed by atoms with E-state index in [1.54, 1.807) is 6.07 Å². The van der Waals surface area contributed by atoms with E-state index >= 15 is 0 Å². The molecule has 2 heteroatoms. The molecule has 0 radical (unpaired) electrons. The number of benzene rings is 1. The topological polar surface area (TPSA) is 23.5 Å². The minimum Gasteiger partial charge on any atom is -0.508 e. The summed E-state index contributed by atoms with van der Waals surface area (Å²) >= 11 is 0. The first kappa shape index (κ1) is 12.4. The fourth-order valence-corrected chi connectivity index (χ4v) is 2.57. The molecule has 94 valence electrons. The maximum absolute atomic E-state index is 9.86. The number of piperidine rings is 1. The van der Waals surface area contributed by atoms with E-state index in [0.717, 1.165) is 37.0 Å². The molecule has 0 aromatic heterocycles. The average Bonchev–Trinajstić information content (AvgIpc) is 2.29. The number of likely N-dealkylation sites (tertiary alicyclic amines) is 1. The molecule has 0 saturated carbocycles. The van der Waals surface area contributed by atoms with Gasteiger partial charge in [-0.05, 0) is 37.8 Å². The molecule has 0 spiro atoms. The number of phenols is 1. The van der Waals surface area contributed by atoms with Crippen molar-refractivity contribution in [3.8, 4) is 5.75 Å². The molecular weight excluding hydrogens is 210 g/mol. The molecule has 1 aliphatic rings. The Bertz CT molecular complexity index is 389. The molecule has 1 aromatic carbocycles. The van der Waals surface area contributed by atoms with Crippen LogP contribution in [0.2, 0.25) is 0 Å². The van der Waals surface area contributed by atoms with E-state index in [1.807, 2.05) is 6.07 Å². The van der Waals surface area contributed by atoms with Crippen molar-refractivity contribution in [2.24, 2.45) is 11.8 Å². The van der Waals surface area contributed by atoms with Crippen LogP contribution in [0.25, 0.3) is 0 Å². The molecule has 2 unspecified atom stereocenters. The van der Waals surface area contributed by atoms with Crippen molar-refractivity contribution in [2.45, 2.75) is 33.7 Å². The predicted molar refractivity (Wildman–Crippen MR) is 71.1 cm³/mol. The third-order valence-electron chi connectivity index (χ3n) is 4.05. The molecule has 0 bridgehead atoms. The molecule has 1 fully saturated rings. The Hall–Kier alpha value is -1.02. The van der Waals surface area contributed by atoms with Crippen molar-refractivity contribution >= 4 is 0 Å². The van der Waals surface area contributed by atoms with E-state index in [-0.39, 0.29) is 0 Å². The van der Waals surface area contributed by atoms with Crippen molar-refractivity contribution in [2.75, 3.05) is 13.1 Å². The third kappa shape index (κ3) is 3.01. The van der Waals surface area contributed by atoms with Gasteiger partial charge in [0.1, 0.15) is 5.75 Å². The number of hydrogen-bond donors (Lipinski definition) is 1. The van der Waals surface area contributed by atoms with Crippen LogP contribution >= 0.6 is 0 Å². The van der Waals surface area contributed by atoms with Gasteiger partial charge < -0.3 is 5.11 Å². The van der Waals surface area contributed by atoms with E-state index in [2.05, 4.69) is 31.7 Å². The zero-order valence-electron chi connectivity index (χ0n) is 11.1. The second-order valence-corrected chi connectivity index (χ2v) is 5.61. The summed E-state index contributed by atoms with van der Waals surface area (Å²) in [6.45, 7) is 9.92. The molecule has 1 heterocycles. The summed E-state index contributed by atoms with van der Waals surface area (Å²) in [6.07, 6.45) is 1.27. The minimum absolute atomic E-state index is 0.432. The maximum Gasteiger partial charge on any atom is 0.120 e. The Morgan fingerprint density at radius 1 is 1.29 bits per heavy atom. The van der Waals surface area contributed by atoms with Crippen molar-refractivity contribution in [3.63, 3.8) is 0 Å². The fourth-order valence-electron chi connectivity index (χ4n) is 2.57. The first-order valence-corrected chi connectivity index (χ1v) is 6.57. The quantitative estimate of drug-likeness (QED) is 0.848. The summed E-state index contributed by atoms with van der Waals surface area (Å²) in [4.78, 5) is 2.46. The van der Waals surface area contributed by atoms with Crippen LogP contribution in [-0.2, 0) is 6.54 Å². The van der Waals surface area contributed by atoms with Crippen LogP contribution < -0.4 is 0 Å². The van der Waals surface area contributed by atoms with Gasteiger partial charge in [0.05, 0.1) is 0 Å². The van der Waals surface area contributed by atoms with Gasteiger partial charge >= 0.3 is 0 Å². The highest BCUT2D eigenvalue weighted by atomic mass is 16.3. The molecule has 1 N–H and O–H groups in total. The molecule has 2 rings (SSSR count). The number of hydrogen-bond acceptors (Lipinski definition) is 2. The van der Waals surface area contributed by atoms with Gasteiger partial charge in [0, 0.05) is 18.7 Å². The van der Waals surface area contributed by atoms with Gasteiger partial charge in [0.15, 0.2) is 0 Å². The highest BCUT2D eigenvalue weighted by Crippen LogP contribution is 2.26. The van der Waals surface area contributed by atoms with Crippen LogP contribution in [-0.4, -0.2) is 23.1 Å². The second-order valence-electron chi connectivity index (χ2n) is 5.61. The lowest BCUT2D eigenvalue weighted by Crippen LogP contribution is -2.37. The molecule has 0 amide bonds. The van der Waals surface area contributed by atoms with Crippen molar-refractivity contribution < 1.29 is 5.11 Å². The van der Waals surface area contributed by atoms with Crippen molar-refractivity contribution in [3.05, 3.63) is 29.3 Å². The van der Waals surface area contributed by atoms with Gasteiger partial charge in [-0.1, -0.05) is 31.5 Å². The monoisotopic (exact) mass is 233 g/mol. The minimum atomic E-state index is 0.432. The van der Waals surface area contributed by atoms with Crippen LogP contribution in [0.5, 0.6) is 5.75 Å². The highest BCUT2D eigenvalue weighted by Gasteiger charge is 2.22. The van der Waals surface area contributed by atoms with Gasteiger partial charge in [0.2, 0.25) is 0 Å². The summed E-state index contributed by atoms with van der Waals surface area (Å²) < 4.78 is 0. The van der Waals surface area contributed by atoms with E-state index in [0.29, 0.717) is 5.75 Å². The Balaban J connectivity index is 2.03. The standard InChI is InChI=1S/C15H23NO/c1-11-4-5-15(17)14(8-11)10-16-7-6-12(2)13(3)9-16/h4-5,8,12-13,17H,6-7,9-10H2,1-3H3. The van der Waals surface area contributed by atoms with E-state index in [4.69, 9.17) is 0 Å². The van der Waals surface area contributed by atoms with Gasteiger partial charge in [-0.15, -0.1) is 0 Å². The van der Waals surface area contributed by atoms with Crippen LogP contribution in [0.4, 0.5) is 0 Å². The molecule has 2 nitrogen and oxygen atoms in total. The molecule has 1 aliphatic heterocycles. The summed E-state index contributed by atoms with van der Waals surface area (Å²) in [7, 11) is 0. The SMILES string of the molecule is Cc1ccc(O)c(CN2CCC(C)C(C)C2)c1.